The summed E-state index contributed by atoms with van der Waals surface area (Å²) in [6.45, 7) is -0.127. The van der Waals surface area contributed by atoms with Gasteiger partial charge in [-0.15, -0.1) is 0 Å². The number of halogens is 1. The lowest BCUT2D eigenvalue weighted by Crippen LogP contribution is -2.24. The molecule has 2 aromatic carbocycles. The van der Waals surface area contributed by atoms with E-state index >= 15 is 0 Å². The van der Waals surface area contributed by atoms with Crippen molar-refractivity contribution in [2.24, 2.45) is 0 Å². The number of benzene rings is 2. The normalized spacial score (nSPS) is 11.4. The third kappa shape index (κ3) is 4.06. The lowest BCUT2D eigenvalue weighted by Gasteiger charge is -2.10. The van der Waals surface area contributed by atoms with Crippen LogP contribution in [0.15, 0.2) is 62.4 Å². The maximum atomic E-state index is 12.5. The summed E-state index contributed by atoms with van der Waals surface area (Å²) in [5.41, 5.74) is 0.786. The average molecular weight is 424 g/mol. The maximum Gasteiger partial charge on any atom is 0.244 e. The molecule has 130 valence electrons. The van der Waals surface area contributed by atoms with Crippen LogP contribution in [0.1, 0.15) is 5.89 Å². The van der Waals surface area contributed by atoms with Gasteiger partial charge in [0.1, 0.15) is 10.6 Å². The SMILES string of the molecule is COc1ccc(Br)cc1S(=O)(=O)NCc1nc(-c2ccccc2)no1. The predicted octanol–water partition coefficient (Wildman–Crippen LogP) is 2.99. The van der Waals surface area contributed by atoms with Gasteiger partial charge in [0.2, 0.25) is 21.7 Å². The molecule has 25 heavy (non-hydrogen) atoms. The highest BCUT2D eigenvalue weighted by Crippen LogP contribution is 2.27. The minimum absolute atomic E-state index is 0.0205. The van der Waals surface area contributed by atoms with E-state index in [1.807, 2.05) is 30.3 Å². The summed E-state index contributed by atoms with van der Waals surface area (Å²) in [6, 6.07) is 14.0. The summed E-state index contributed by atoms with van der Waals surface area (Å²) in [4.78, 5) is 4.21. The van der Waals surface area contributed by atoms with Crippen molar-refractivity contribution in [3.8, 4) is 17.1 Å². The highest BCUT2D eigenvalue weighted by atomic mass is 79.9. The first-order chi connectivity index (χ1) is 12.0. The first-order valence-corrected chi connectivity index (χ1v) is 9.48. The molecule has 0 bridgehead atoms. The highest BCUT2D eigenvalue weighted by molar-refractivity contribution is 9.10. The summed E-state index contributed by atoms with van der Waals surface area (Å²) in [6.07, 6.45) is 0. The fourth-order valence-corrected chi connectivity index (χ4v) is 3.81. The van der Waals surface area contributed by atoms with Gasteiger partial charge in [-0.3, -0.25) is 0 Å². The molecule has 0 fully saturated rings. The first-order valence-electron chi connectivity index (χ1n) is 7.21. The molecule has 0 spiro atoms. The van der Waals surface area contributed by atoms with Crippen molar-refractivity contribution < 1.29 is 17.7 Å². The Morgan fingerprint density at radius 1 is 1.20 bits per heavy atom. The number of hydrogen-bond donors (Lipinski definition) is 1. The Morgan fingerprint density at radius 2 is 1.96 bits per heavy atom. The number of aromatic nitrogens is 2. The number of methoxy groups -OCH3 is 1. The second kappa shape index (κ2) is 7.34. The molecule has 0 aliphatic carbocycles. The standard InChI is InChI=1S/C16H14BrN3O4S/c1-23-13-8-7-12(17)9-14(13)25(21,22)18-10-15-19-16(20-24-15)11-5-3-2-4-6-11/h2-9,18H,10H2,1H3. The molecule has 0 aliphatic heterocycles. The van der Waals surface area contributed by atoms with Crippen LogP contribution in [-0.2, 0) is 16.6 Å². The van der Waals surface area contributed by atoms with Crippen LogP contribution in [0.5, 0.6) is 5.75 Å². The van der Waals surface area contributed by atoms with E-state index in [9.17, 15) is 8.42 Å². The number of sulfonamides is 1. The van der Waals surface area contributed by atoms with E-state index < -0.39 is 10.0 Å². The molecule has 1 heterocycles. The van der Waals surface area contributed by atoms with Crippen molar-refractivity contribution in [3.63, 3.8) is 0 Å². The summed E-state index contributed by atoms with van der Waals surface area (Å²) in [5, 5.41) is 3.85. The molecule has 0 saturated heterocycles. The first kappa shape index (κ1) is 17.6. The number of ether oxygens (including phenoxy) is 1. The van der Waals surface area contributed by atoms with E-state index in [0.29, 0.717) is 10.3 Å². The summed E-state index contributed by atoms with van der Waals surface area (Å²) < 4.78 is 38.3. The number of nitrogens with zero attached hydrogens (tertiary/aromatic N) is 2. The van der Waals surface area contributed by atoms with Crippen LogP contribution in [0, 0.1) is 0 Å². The quantitative estimate of drug-likeness (QED) is 0.654. The summed E-state index contributed by atoms with van der Waals surface area (Å²) >= 11 is 3.25. The topological polar surface area (TPSA) is 94.3 Å². The predicted molar refractivity (Wildman–Crippen MR) is 94.5 cm³/mol. The lowest BCUT2D eigenvalue weighted by atomic mass is 10.2. The smallest absolute Gasteiger partial charge is 0.244 e. The monoisotopic (exact) mass is 423 g/mol. The van der Waals surface area contributed by atoms with E-state index in [4.69, 9.17) is 9.26 Å². The zero-order valence-electron chi connectivity index (χ0n) is 13.1. The molecule has 1 aromatic heterocycles. The van der Waals surface area contributed by atoms with Gasteiger partial charge in [-0.1, -0.05) is 51.4 Å². The Balaban J connectivity index is 1.77. The van der Waals surface area contributed by atoms with Crippen molar-refractivity contribution in [1.82, 2.24) is 14.9 Å². The second-order valence-corrected chi connectivity index (χ2v) is 7.65. The van der Waals surface area contributed by atoms with E-state index in [1.54, 1.807) is 12.1 Å². The van der Waals surface area contributed by atoms with Crippen LogP contribution in [-0.4, -0.2) is 25.7 Å². The van der Waals surface area contributed by atoms with E-state index in [2.05, 4.69) is 30.8 Å². The molecule has 0 aliphatic rings. The lowest BCUT2D eigenvalue weighted by molar-refractivity contribution is 0.375. The number of nitrogens with one attached hydrogen (secondary N) is 1. The van der Waals surface area contributed by atoms with Crippen molar-refractivity contribution in [2.75, 3.05) is 7.11 Å². The summed E-state index contributed by atoms with van der Waals surface area (Å²) in [5.74, 6) is 0.803. The molecule has 1 N–H and O–H groups in total. The zero-order chi connectivity index (χ0) is 17.9. The Hall–Kier alpha value is -2.23. The molecule has 0 unspecified atom stereocenters. The van der Waals surface area contributed by atoms with Gasteiger partial charge >= 0.3 is 0 Å². The largest absolute Gasteiger partial charge is 0.495 e. The van der Waals surface area contributed by atoms with Crippen LogP contribution < -0.4 is 9.46 Å². The fraction of sp³-hybridized carbons (Fsp3) is 0.125. The molecule has 9 heteroatoms. The molecule has 7 nitrogen and oxygen atoms in total. The highest BCUT2D eigenvalue weighted by Gasteiger charge is 2.21. The van der Waals surface area contributed by atoms with E-state index in [-0.39, 0.29) is 23.1 Å². The third-order valence-corrected chi connectivity index (χ3v) is 5.24. The molecular weight excluding hydrogens is 410 g/mol. The molecule has 0 amide bonds. The van der Waals surface area contributed by atoms with Gasteiger partial charge < -0.3 is 9.26 Å². The van der Waals surface area contributed by atoms with Crippen LogP contribution in [0.4, 0.5) is 0 Å². The van der Waals surface area contributed by atoms with Gasteiger partial charge in [-0.05, 0) is 18.2 Å². The van der Waals surface area contributed by atoms with Gasteiger partial charge in [-0.25, -0.2) is 13.1 Å². The van der Waals surface area contributed by atoms with Crippen molar-refractivity contribution in [1.29, 1.82) is 0 Å². The Labute approximate surface area is 153 Å². The summed E-state index contributed by atoms with van der Waals surface area (Å²) in [7, 11) is -2.40. The second-order valence-electron chi connectivity index (χ2n) is 5.00. The molecular formula is C16H14BrN3O4S. The van der Waals surface area contributed by atoms with Crippen LogP contribution >= 0.6 is 15.9 Å². The Morgan fingerprint density at radius 3 is 2.68 bits per heavy atom. The Bertz CT molecular complexity index is 974. The van der Waals surface area contributed by atoms with Crippen LogP contribution in [0.25, 0.3) is 11.4 Å². The fourth-order valence-electron chi connectivity index (χ4n) is 2.13. The molecule has 0 radical (unpaired) electrons. The Kier molecular flexibility index (Phi) is 5.16. The van der Waals surface area contributed by atoms with Crippen molar-refractivity contribution >= 4 is 26.0 Å². The maximum absolute atomic E-state index is 12.5. The number of rotatable bonds is 6. The van der Waals surface area contributed by atoms with Gasteiger partial charge in [0, 0.05) is 10.0 Å². The molecule has 0 atom stereocenters. The van der Waals surface area contributed by atoms with Gasteiger partial charge in [0.05, 0.1) is 13.7 Å². The third-order valence-electron chi connectivity index (χ3n) is 3.33. The average Bonchev–Trinajstić information content (AvgIpc) is 3.10. The minimum atomic E-state index is -3.81. The van der Waals surface area contributed by atoms with Crippen molar-refractivity contribution in [2.45, 2.75) is 11.4 Å². The van der Waals surface area contributed by atoms with Crippen LogP contribution in [0.2, 0.25) is 0 Å². The molecule has 0 saturated carbocycles. The number of hydrogen-bond acceptors (Lipinski definition) is 6. The van der Waals surface area contributed by atoms with E-state index in [0.717, 1.165) is 5.56 Å². The van der Waals surface area contributed by atoms with Gasteiger partial charge in [-0.2, -0.15) is 4.98 Å². The minimum Gasteiger partial charge on any atom is -0.495 e. The van der Waals surface area contributed by atoms with Gasteiger partial charge in [0.15, 0.2) is 0 Å². The van der Waals surface area contributed by atoms with E-state index in [1.165, 1.54) is 13.2 Å². The van der Waals surface area contributed by atoms with Crippen LogP contribution in [0.3, 0.4) is 0 Å². The van der Waals surface area contributed by atoms with Gasteiger partial charge in [0.25, 0.3) is 0 Å². The van der Waals surface area contributed by atoms with Crippen molar-refractivity contribution in [3.05, 3.63) is 58.9 Å². The zero-order valence-corrected chi connectivity index (χ0v) is 15.5. The molecule has 3 rings (SSSR count). The molecule has 3 aromatic rings.